The van der Waals surface area contributed by atoms with Gasteiger partial charge in [-0.2, -0.15) is 23.5 Å². The summed E-state index contributed by atoms with van der Waals surface area (Å²) in [7, 11) is 0. The van der Waals surface area contributed by atoms with Crippen LogP contribution in [0.3, 0.4) is 0 Å². The van der Waals surface area contributed by atoms with Crippen LogP contribution in [0.25, 0.3) is 0 Å². The van der Waals surface area contributed by atoms with Crippen LogP contribution in [0.5, 0.6) is 0 Å². The van der Waals surface area contributed by atoms with E-state index in [4.69, 9.17) is 5.26 Å². The van der Waals surface area contributed by atoms with Gasteiger partial charge in [-0.15, -0.1) is 0 Å². The molecule has 1 saturated heterocycles. The van der Waals surface area contributed by atoms with Gasteiger partial charge in [0, 0.05) is 23.9 Å². The van der Waals surface area contributed by atoms with Crippen molar-refractivity contribution in [2.24, 2.45) is 11.3 Å². The zero-order chi connectivity index (χ0) is 34.2. The van der Waals surface area contributed by atoms with Gasteiger partial charge in [0.05, 0.1) is 17.3 Å². The van der Waals surface area contributed by atoms with Crippen LogP contribution in [0.1, 0.15) is 140 Å². The van der Waals surface area contributed by atoms with E-state index < -0.39 is 17.3 Å². The number of rotatable bonds is 8. The molecule has 1 aliphatic heterocycles. The molecule has 6 nitrogen and oxygen atoms in total. The third-order valence-electron chi connectivity index (χ3n) is 8.89. The van der Waals surface area contributed by atoms with Gasteiger partial charge in [-0.05, 0) is 63.3 Å². The van der Waals surface area contributed by atoms with Crippen molar-refractivity contribution < 1.29 is 13.2 Å². The molecule has 1 fully saturated rings. The minimum atomic E-state index is -4.65. The van der Waals surface area contributed by atoms with Crippen LogP contribution in [0, 0.1) is 29.6 Å². The summed E-state index contributed by atoms with van der Waals surface area (Å²) in [4.78, 5) is 17.7. The molecule has 1 aliphatic carbocycles. The number of nitriles is 1. The van der Waals surface area contributed by atoms with Crippen molar-refractivity contribution in [3.05, 3.63) is 68.9 Å². The molecule has 0 saturated carbocycles. The average Bonchev–Trinajstić information content (AvgIpc) is 3.62. The Kier molecular flexibility index (Phi) is 17.4. The fraction of sp³-hybridized carbons (Fsp3) is 0.667. The first kappa shape index (κ1) is 40.0. The number of hydrogen-bond donors (Lipinski definition) is 1. The standard InChI is InChI=1S/C16H20F3N3O.C9H20.C7H6N2.C4H10/c1-9(2)15(3)6-7-22(8-15)11-5-4-10-12(16(17,18)19)14(23)21-20-13(10)11;1-4-6-7-8-9(3)5-2;1-6-2-3-7(4-8)5-9-6;1-3-4-2/h11H,1,4-8H2,2-3H3,(H,21,23);9H,4-8H2,1-3H3;2-3,5H,1H3;3-4H2,1-2H3. The van der Waals surface area contributed by atoms with Gasteiger partial charge in [0.1, 0.15) is 11.6 Å². The van der Waals surface area contributed by atoms with Gasteiger partial charge in [0.15, 0.2) is 0 Å². The predicted octanol–water partition coefficient (Wildman–Crippen LogP) is 9.74. The van der Waals surface area contributed by atoms with Crippen LogP contribution < -0.4 is 5.56 Å². The van der Waals surface area contributed by atoms with Gasteiger partial charge in [-0.1, -0.05) is 98.6 Å². The van der Waals surface area contributed by atoms with Crippen molar-refractivity contribution in [3.63, 3.8) is 0 Å². The Morgan fingerprint density at radius 1 is 1.20 bits per heavy atom. The molecule has 3 heterocycles. The highest BCUT2D eigenvalue weighted by molar-refractivity contribution is 5.36. The van der Waals surface area contributed by atoms with Gasteiger partial charge in [0.2, 0.25) is 0 Å². The van der Waals surface area contributed by atoms with Crippen LogP contribution in [0.4, 0.5) is 13.2 Å². The molecule has 2 aliphatic rings. The number of fused-ring (bicyclic) bond motifs is 1. The van der Waals surface area contributed by atoms with E-state index in [0.29, 0.717) is 17.7 Å². The summed E-state index contributed by atoms with van der Waals surface area (Å²) in [6.45, 7) is 22.8. The molecule has 45 heavy (non-hydrogen) atoms. The Hall–Kier alpha value is -2.99. The molecule has 0 radical (unpaired) electrons. The monoisotopic (exact) mass is 631 g/mol. The molecular formula is C36H56F3N5O. The molecule has 252 valence electrons. The quantitative estimate of drug-likeness (QED) is 0.232. The minimum Gasteiger partial charge on any atom is -0.294 e. The number of nitrogens with one attached hydrogen (secondary N) is 1. The number of likely N-dealkylation sites (tertiary alicyclic amines) is 1. The Balaban J connectivity index is 0.000000378. The minimum absolute atomic E-state index is 0.0161. The lowest BCUT2D eigenvalue weighted by Gasteiger charge is -2.28. The van der Waals surface area contributed by atoms with E-state index in [2.05, 4.69) is 63.1 Å². The van der Waals surface area contributed by atoms with Crippen molar-refractivity contribution in [1.29, 1.82) is 5.26 Å². The topological polar surface area (TPSA) is 85.7 Å². The number of halogens is 3. The second-order valence-electron chi connectivity index (χ2n) is 12.7. The zero-order valence-electron chi connectivity index (χ0n) is 28.9. The van der Waals surface area contributed by atoms with Crippen LogP contribution >= 0.6 is 0 Å². The molecule has 3 unspecified atom stereocenters. The number of aryl methyl sites for hydroxylation is 1. The lowest BCUT2D eigenvalue weighted by Crippen LogP contribution is -2.31. The molecule has 2 aromatic heterocycles. The zero-order valence-corrected chi connectivity index (χ0v) is 28.9. The molecule has 0 amide bonds. The largest absolute Gasteiger partial charge is 0.422 e. The van der Waals surface area contributed by atoms with Crippen molar-refractivity contribution in [2.75, 3.05) is 13.1 Å². The molecule has 4 rings (SSSR count). The van der Waals surface area contributed by atoms with Crippen molar-refractivity contribution in [2.45, 2.75) is 132 Å². The Bertz CT molecular complexity index is 1260. The van der Waals surface area contributed by atoms with Crippen molar-refractivity contribution >= 4 is 0 Å². The number of pyridine rings is 1. The first-order valence-electron chi connectivity index (χ1n) is 16.6. The Morgan fingerprint density at radius 2 is 1.87 bits per heavy atom. The number of aromatic nitrogens is 3. The maximum absolute atomic E-state index is 13.2. The maximum Gasteiger partial charge on any atom is 0.422 e. The lowest BCUT2D eigenvalue weighted by atomic mass is 9.83. The molecular weight excluding hydrogens is 575 g/mol. The maximum atomic E-state index is 13.2. The molecule has 0 bridgehead atoms. The summed E-state index contributed by atoms with van der Waals surface area (Å²) >= 11 is 0. The number of aromatic amines is 1. The predicted molar refractivity (Wildman–Crippen MR) is 178 cm³/mol. The first-order chi connectivity index (χ1) is 21.2. The molecule has 0 aromatic carbocycles. The normalized spacial score (nSPS) is 19.5. The molecule has 9 heteroatoms. The second kappa shape index (κ2) is 19.5. The van der Waals surface area contributed by atoms with Gasteiger partial charge in [-0.3, -0.25) is 14.7 Å². The van der Waals surface area contributed by atoms with Crippen molar-refractivity contribution in [3.8, 4) is 6.07 Å². The third kappa shape index (κ3) is 12.7. The van der Waals surface area contributed by atoms with E-state index in [1.54, 1.807) is 12.3 Å². The van der Waals surface area contributed by atoms with Crippen LogP contribution in [-0.4, -0.2) is 33.2 Å². The third-order valence-corrected chi connectivity index (χ3v) is 8.89. The van der Waals surface area contributed by atoms with E-state index >= 15 is 0 Å². The fourth-order valence-electron chi connectivity index (χ4n) is 5.19. The van der Waals surface area contributed by atoms with Gasteiger partial charge < -0.3 is 0 Å². The van der Waals surface area contributed by atoms with E-state index in [0.717, 1.165) is 36.7 Å². The summed E-state index contributed by atoms with van der Waals surface area (Å²) in [5.74, 6) is 0.955. The highest BCUT2D eigenvalue weighted by Crippen LogP contribution is 2.45. The van der Waals surface area contributed by atoms with E-state index in [9.17, 15) is 18.0 Å². The van der Waals surface area contributed by atoms with Crippen LogP contribution in [-0.2, 0) is 12.6 Å². The van der Waals surface area contributed by atoms with Crippen LogP contribution in [0.15, 0.2) is 35.3 Å². The molecule has 3 atom stereocenters. The summed E-state index contributed by atoms with van der Waals surface area (Å²) in [6, 6.07) is 5.40. The van der Waals surface area contributed by atoms with Gasteiger partial charge in [-0.25, -0.2) is 5.10 Å². The summed E-state index contributed by atoms with van der Waals surface area (Å²) in [6.07, 6.45) is 8.30. The Labute approximate surface area is 269 Å². The average molecular weight is 632 g/mol. The van der Waals surface area contributed by atoms with Crippen LogP contribution in [0.2, 0.25) is 0 Å². The molecule has 0 spiro atoms. The molecule has 2 aromatic rings. The molecule has 1 N–H and O–H groups in total. The number of nitrogens with zero attached hydrogens (tertiary/aromatic N) is 4. The summed E-state index contributed by atoms with van der Waals surface area (Å²) in [5.41, 5.74) is 0.839. The first-order valence-corrected chi connectivity index (χ1v) is 16.6. The van der Waals surface area contributed by atoms with Gasteiger partial charge >= 0.3 is 6.18 Å². The Morgan fingerprint density at radius 3 is 2.33 bits per heavy atom. The highest BCUT2D eigenvalue weighted by Gasteiger charge is 2.45. The summed E-state index contributed by atoms with van der Waals surface area (Å²) < 4.78 is 39.5. The van der Waals surface area contributed by atoms with E-state index in [1.165, 1.54) is 44.9 Å². The number of alkyl halides is 3. The van der Waals surface area contributed by atoms with Gasteiger partial charge in [0.25, 0.3) is 5.56 Å². The van der Waals surface area contributed by atoms with Crippen molar-refractivity contribution in [1.82, 2.24) is 20.1 Å². The lowest BCUT2D eigenvalue weighted by molar-refractivity contribution is -0.139. The smallest absolute Gasteiger partial charge is 0.294 e. The number of unbranched alkanes of at least 4 members (excludes halogenated alkanes) is 3. The number of hydrogen-bond acceptors (Lipinski definition) is 5. The summed E-state index contributed by atoms with van der Waals surface area (Å²) in [5, 5.41) is 14.3. The highest BCUT2D eigenvalue weighted by atomic mass is 19.4. The SMILES string of the molecule is C=C(C)C1(C)CCN(C2CCc3c2n[nH]c(=O)c3C(F)(F)F)C1.CCCC.CCCCCC(C)CC.Cc1ccc(C#N)cn1. The fourth-order valence-corrected chi connectivity index (χ4v) is 5.19. The number of H-pyrrole nitrogens is 1. The van der Waals surface area contributed by atoms with E-state index in [1.807, 2.05) is 31.1 Å². The second-order valence-corrected chi connectivity index (χ2v) is 12.7. The van der Waals surface area contributed by atoms with E-state index in [-0.39, 0.29) is 23.4 Å².